The molecular weight excluding hydrogens is 216 g/mol. The van der Waals surface area contributed by atoms with E-state index in [2.05, 4.69) is 20.8 Å². The molecule has 1 aromatic carbocycles. The lowest BCUT2D eigenvalue weighted by Crippen LogP contribution is -2.10. The number of hydrogen-bond donors (Lipinski definition) is 1. The van der Waals surface area contributed by atoms with E-state index in [-0.39, 0.29) is 12.0 Å². The number of hydrogen-bond acceptors (Lipinski definition) is 2. The topological polar surface area (TPSA) is 46.5 Å². The average Bonchev–Trinajstić information content (AvgIpc) is 2.23. The summed E-state index contributed by atoms with van der Waals surface area (Å²) < 4.78 is 5.37. The molecule has 0 bridgehead atoms. The van der Waals surface area contributed by atoms with Crippen LogP contribution in [0.1, 0.15) is 26.3 Å². The van der Waals surface area contributed by atoms with Crippen LogP contribution in [0, 0.1) is 0 Å². The predicted octanol–water partition coefficient (Wildman–Crippen LogP) is 3.00. The molecule has 0 unspecified atom stereocenters. The maximum atomic E-state index is 10.2. The predicted molar refractivity (Wildman–Crippen MR) is 67.4 cm³/mol. The van der Waals surface area contributed by atoms with Crippen molar-refractivity contribution >= 4 is 5.97 Å². The fourth-order valence-corrected chi connectivity index (χ4v) is 1.34. The van der Waals surface area contributed by atoms with Gasteiger partial charge in [-0.15, -0.1) is 0 Å². The fraction of sp³-hybridized carbons (Fsp3) is 0.357. The Labute approximate surface area is 102 Å². The molecule has 0 fully saturated rings. The Balaban J connectivity index is 2.55. The summed E-state index contributed by atoms with van der Waals surface area (Å²) in [6.07, 6.45) is 2.55. The second-order valence-electron chi connectivity index (χ2n) is 4.83. The molecule has 0 atom stereocenters. The van der Waals surface area contributed by atoms with E-state index >= 15 is 0 Å². The lowest BCUT2D eigenvalue weighted by molar-refractivity contribution is -0.131. The highest BCUT2D eigenvalue weighted by Gasteiger charge is 2.12. The molecular formula is C14H18O3. The smallest absolute Gasteiger partial charge is 0.328 e. The van der Waals surface area contributed by atoms with Gasteiger partial charge >= 0.3 is 5.97 Å². The Morgan fingerprint density at radius 3 is 2.35 bits per heavy atom. The molecule has 3 nitrogen and oxygen atoms in total. The third kappa shape index (κ3) is 4.72. The molecule has 0 radical (unpaired) electrons. The van der Waals surface area contributed by atoms with Gasteiger partial charge in [0.1, 0.15) is 12.4 Å². The fourth-order valence-electron chi connectivity index (χ4n) is 1.34. The number of aliphatic carboxylic acids is 1. The van der Waals surface area contributed by atoms with Gasteiger partial charge in [0, 0.05) is 6.08 Å². The summed E-state index contributed by atoms with van der Waals surface area (Å²) in [6, 6.07) is 7.84. The van der Waals surface area contributed by atoms with E-state index in [0.717, 1.165) is 11.8 Å². The highest BCUT2D eigenvalue weighted by Crippen LogP contribution is 2.24. The second kappa shape index (κ2) is 5.53. The summed E-state index contributed by atoms with van der Waals surface area (Å²) in [5, 5.41) is 8.39. The van der Waals surface area contributed by atoms with E-state index in [4.69, 9.17) is 9.84 Å². The van der Waals surface area contributed by atoms with Crippen LogP contribution in [0.2, 0.25) is 0 Å². The van der Waals surface area contributed by atoms with Gasteiger partial charge in [0.2, 0.25) is 0 Å². The van der Waals surface area contributed by atoms with Gasteiger partial charge in [0.05, 0.1) is 0 Å². The van der Waals surface area contributed by atoms with E-state index in [0.29, 0.717) is 0 Å². The molecule has 3 heteroatoms. The van der Waals surface area contributed by atoms with Crippen molar-refractivity contribution in [1.82, 2.24) is 0 Å². The summed E-state index contributed by atoms with van der Waals surface area (Å²) in [6.45, 7) is 6.72. The lowest BCUT2D eigenvalue weighted by atomic mass is 9.87. The third-order valence-electron chi connectivity index (χ3n) is 2.33. The van der Waals surface area contributed by atoms with Gasteiger partial charge in [-0.25, -0.2) is 4.79 Å². The van der Waals surface area contributed by atoms with Crippen LogP contribution in [-0.2, 0) is 10.2 Å². The molecule has 1 N–H and O–H groups in total. The van der Waals surface area contributed by atoms with Crippen molar-refractivity contribution in [3.8, 4) is 5.75 Å². The van der Waals surface area contributed by atoms with Gasteiger partial charge in [-0.3, -0.25) is 0 Å². The summed E-state index contributed by atoms with van der Waals surface area (Å²) in [7, 11) is 0. The quantitative estimate of drug-likeness (QED) is 0.814. The molecule has 92 valence electrons. The molecule has 0 saturated carbocycles. The summed E-state index contributed by atoms with van der Waals surface area (Å²) >= 11 is 0. The van der Waals surface area contributed by atoms with E-state index in [1.54, 1.807) is 0 Å². The molecule has 0 amide bonds. The molecule has 0 spiro atoms. The molecule has 1 rings (SSSR count). The number of carbonyl (C=O) groups is 1. The molecule has 1 aromatic rings. The average molecular weight is 234 g/mol. The first-order valence-corrected chi connectivity index (χ1v) is 5.52. The first kappa shape index (κ1) is 13.3. The normalized spacial score (nSPS) is 11.7. The monoisotopic (exact) mass is 234 g/mol. The van der Waals surface area contributed by atoms with Crippen molar-refractivity contribution in [2.24, 2.45) is 0 Å². The van der Waals surface area contributed by atoms with Crippen molar-refractivity contribution < 1.29 is 14.6 Å². The third-order valence-corrected chi connectivity index (χ3v) is 2.33. The van der Waals surface area contributed by atoms with Gasteiger partial charge in [-0.1, -0.05) is 32.9 Å². The van der Waals surface area contributed by atoms with Crippen LogP contribution in [0.15, 0.2) is 36.4 Å². The Morgan fingerprint density at radius 2 is 1.88 bits per heavy atom. The summed E-state index contributed by atoms with van der Waals surface area (Å²) in [5.74, 6) is -0.218. The summed E-state index contributed by atoms with van der Waals surface area (Å²) in [4.78, 5) is 10.2. The maximum absolute atomic E-state index is 10.2. The lowest BCUT2D eigenvalue weighted by Gasteiger charge is -2.19. The van der Waals surface area contributed by atoms with Gasteiger partial charge < -0.3 is 9.84 Å². The maximum Gasteiger partial charge on any atom is 0.328 e. The van der Waals surface area contributed by atoms with Crippen LogP contribution in [0.4, 0.5) is 0 Å². The standard InChI is InChI=1S/C14H18O3/c1-14(2,3)11-6-8-12(9-7-11)17-10-4-5-13(15)16/h4-9H,10H2,1-3H3,(H,15,16). The van der Waals surface area contributed by atoms with Gasteiger partial charge in [0.25, 0.3) is 0 Å². The van der Waals surface area contributed by atoms with E-state index in [1.165, 1.54) is 11.6 Å². The van der Waals surface area contributed by atoms with Gasteiger partial charge in [-0.05, 0) is 29.2 Å². The Morgan fingerprint density at radius 1 is 1.29 bits per heavy atom. The molecule has 17 heavy (non-hydrogen) atoms. The number of carboxylic acid groups (broad SMARTS) is 1. The molecule has 0 aliphatic heterocycles. The number of benzene rings is 1. The van der Waals surface area contributed by atoms with Crippen molar-refractivity contribution in [2.75, 3.05) is 6.61 Å². The van der Waals surface area contributed by atoms with Crippen LogP contribution in [0.5, 0.6) is 5.75 Å². The largest absolute Gasteiger partial charge is 0.490 e. The van der Waals surface area contributed by atoms with E-state index in [9.17, 15) is 4.79 Å². The van der Waals surface area contributed by atoms with Crippen LogP contribution < -0.4 is 4.74 Å². The zero-order valence-electron chi connectivity index (χ0n) is 10.4. The number of ether oxygens (including phenoxy) is 1. The van der Waals surface area contributed by atoms with Crippen molar-refractivity contribution in [3.63, 3.8) is 0 Å². The highest BCUT2D eigenvalue weighted by molar-refractivity contribution is 5.79. The minimum Gasteiger partial charge on any atom is -0.490 e. The van der Waals surface area contributed by atoms with Crippen molar-refractivity contribution in [1.29, 1.82) is 0 Å². The number of rotatable bonds is 4. The Hall–Kier alpha value is -1.77. The minimum atomic E-state index is -0.961. The second-order valence-corrected chi connectivity index (χ2v) is 4.83. The first-order valence-electron chi connectivity index (χ1n) is 5.52. The van der Waals surface area contributed by atoms with Crippen molar-refractivity contribution in [3.05, 3.63) is 42.0 Å². The first-order chi connectivity index (χ1) is 7.89. The molecule has 0 heterocycles. The molecule has 0 saturated heterocycles. The van der Waals surface area contributed by atoms with Crippen LogP contribution in [0.3, 0.4) is 0 Å². The van der Waals surface area contributed by atoms with Gasteiger partial charge in [0.15, 0.2) is 0 Å². The minimum absolute atomic E-state index is 0.127. The molecule has 0 aromatic heterocycles. The zero-order chi connectivity index (χ0) is 12.9. The zero-order valence-corrected chi connectivity index (χ0v) is 10.4. The van der Waals surface area contributed by atoms with E-state index in [1.807, 2.05) is 24.3 Å². The SMILES string of the molecule is CC(C)(C)c1ccc(OCC=CC(=O)O)cc1. The summed E-state index contributed by atoms with van der Waals surface area (Å²) in [5.41, 5.74) is 1.37. The van der Waals surface area contributed by atoms with Crippen LogP contribution in [-0.4, -0.2) is 17.7 Å². The van der Waals surface area contributed by atoms with Crippen molar-refractivity contribution in [2.45, 2.75) is 26.2 Å². The Bertz CT molecular complexity index is 396. The van der Waals surface area contributed by atoms with Gasteiger partial charge in [-0.2, -0.15) is 0 Å². The molecule has 0 aliphatic rings. The van der Waals surface area contributed by atoms with Crippen LogP contribution in [0.25, 0.3) is 0 Å². The number of carboxylic acids is 1. The Kier molecular flexibility index (Phi) is 4.32. The van der Waals surface area contributed by atoms with Crippen LogP contribution >= 0.6 is 0 Å². The molecule has 0 aliphatic carbocycles. The highest BCUT2D eigenvalue weighted by atomic mass is 16.5. The van der Waals surface area contributed by atoms with E-state index < -0.39 is 5.97 Å².